The van der Waals surface area contributed by atoms with Crippen LogP contribution in [0.25, 0.3) is 0 Å². The van der Waals surface area contributed by atoms with E-state index in [2.05, 4.69) is 13.8 Å². The summed E-state index contributed by atoms with van der Waals surface area (Å²) in [4.78, 5) is 38.5. The van der Waals surface area contributed by atoms with Gasteiger partial charge in [0.05, 0.1) is 12.0 Å². The highest BCUT2D eigenvalue weighted by molar-refractivity contribution is 7.98. The highest BCUT2D eigenvalue weighted by atomic mass is 32.2. The van der Waals surface area contributed by atoms with Gasteiger partial charge >= 0.3 is 5.97 Å². The third-order valence-corrected chi connectivity index (χ3v) is 12.6. The van der Waals surface area contributed by atoms with E-state index in [1.54, 1.807) is 11.8 Å². The number of carbonyl (C=O) groups excluding carboxylic acids is 3. The number of esters is 1. The average molecular weight is 548 g/mol. The second kappa shape index (κ2) is 11.9. The summed E-state index contributed by atoms with van der Waals surface area (Å²) in [5, 5.41) is 0. The molecule has 0 aliphatic heterocycles. The van der Waals surface area contributed by atoms with Crippen molar-refractivity contribution in [2.24, 2.45) is 58.0 Å². The predicted molar refractivity (Wildman–Crippen MR) is 155 cm³/mol. The Kier molecular flexibility index (Phi) is 9.44. The Morgan fingerprint density at radius 2 is 1.66 bits per heavy atom. The molecule has 2 N–H and O–H groups in total. The first-order valence-corrected chi connectivity index (χ1v) is 16.8. The van der Waals surface area contributed by atoms with Crippen molar-refractivity contribution in [3.05, 3.63) is 0 Å². The van der Waals surface area contributed by atoms with Crippen molar-refractivity contribution in [1.82, 2.24) is 0 Å². The number of hydrogen-bond acceptors (Lipinski definition) is 6. The van der Waals surface area contributed by atoms with Gasteiger partial charge in [-0.05, 0) is 124 Å². The molecule has 0 saturated heterocycles. The summed E-state index contributed by atoms with van der Waals surface area (Å²) in [6.07, 6.45) is 13.0. The van der Waals surface area contributed by atoms with Crippen LogP contribution in [-0.4, -0.2) is 41.7 Å². The van der Waals surface area contributed by atoms with Gasteiger partial charge < -0.3 is 10.5 Å². The Morgan fingerprint density at radius 3 is 2.32 bits per heavy atom. The molecule has 6 heteroatoms. The fourth-order valence-electron chi connectivity index (χ4n) is 9.57. The Labute approximate surface area is 235 Å². The summed E-state index contributed by atoms with van der Waals surface area (Å²) in [5.41, 5.74) is 6.61. The number of ketones is 2. The monoisotopic (exact) mass is 547 g/mol. The summed E-state index contributed by atoms with van der Waals surface area (Å²) in [7, 11) is 0. The number of ether oxygens (including phenoxy) is 1. The van der Waals surface area contributed by atoms with E-state index in [1.807, 2.05) is 27.0 Å². The molecule has 0 spiro atoms. The van der Waals surface area contributed by atoms with E-state index < -0.39 is 12.0 Å². The van der Waals surface area contributed by atoms with Gasteiger partial charge in [0.15, 0.2) is 5.78 Å². The van der Waals surface area contributed by atoms with E-state index in [1.165, 1.54) is 32.1 Å². The molecule has 0 bridgehead atoms. The first kappa shape index (κ1) is 30.1. The van der Waals surface area contributed by atoms with Crippen molar-refractivity contribution >= 4 is 29.3 Å². The number of carbonyl (C=O) groups is 3. The van der Waals surface area contributed by atoms with Gasteiger partial charge in [0.25, 0.3) is 0 Å². The molecule has 0 radical (unpaired) electrons. The average Bonchev–Trinajstić information content (AvgIpc) is 3.23. The van der Waals surface area contributed by atoms with Gasteiger partial charge in [-0.1, -0.05) is 27.7 Å². The summed E-state index contributed by atoms with van der Waals surface area (Å²) in [6, 6.07) is -0.520. The first-order chi connectivity index (χ1) is 17.9. The lowest BCUT2D eigenvalue weighted by Crippen LogP contribution is -2.54. The molecule has 4 aliphatic carbocycles. The lowest BCUT2D eigenvalue weighted by Gasteiger charge is -2.61. The SMILES string of the molecule is CSCC[C@H](CC(=O)[C@@H](N)C(C)C)C(=O)O[C@@H]1CC[C@@]2(C)[C@@H](CC[C@@H]3[C@@H]2CC[C@]2(C)[C@@H](C(C)=O)CC[C@@H]32)C1. The zero-order valence-corrected chi connectivity index (χ0v) is 25.6. The van der Waals surface area contributed by atoms with Crippen molar-refractivity contribution in [3.8, 4) is 0 Å². The summed E-state index contributed by atoms with van der Waals surface area (Å²) >= 11 is 1.70. The maximum atomic E-state index is 13.3. The molecular weight excluding hydrogens is 494 g/mol. The second-order valence-electron chi connectivity index (χ2n) is 14.2. The van der Waals surface area contributed by atoms with Crippen LogP contribution in [0.5, 0.6) is 0 Å². The Hall–Kier alpha value is -0.880. The van der Waals surface area contributed by atoms with Crippen LogP contribution in [-0.2, 0) is 19.1 Å². The maximum absolute atomic E-state index is 13.3. The number of nitrogens with two attached hydrogens (primary N) is 1. The van der Waals surface area contributed by atoms with Gasteiger partial charge in [0.1, 0.15) is 11.9 Å². The van der Waals surface area contributed by atoms with Crippen molar-refractivity contribution in [2.45, 2.75) is 117 Å². The molecule has 4 aliphatic rings. The molecule has 0 amide bonds. The van der Waals surface area contributed by atoms with Gasteiger partial charge in [-0.2, -0.15) is 11.8 Å². The van der Waals surface area contributed by atoms with E-state index in [4.69, 9.17) is 10.5 Å². The van der Waals surface area contributed by atoms with Crippen LogP contribution >= 0.6 is 11.8 Å². The smallest absolute Gasteiger partial charge is 0.309 e. The summed E-state index contributed by atoms with van der Waals surface area (Å²) in [5.74, 6) is 3.70. The van der Waals surface area contributed by atoms with Crippen molar-refractivity contribution in [3.63, 3.8) is 0 Å². The molecule has 10 atom stereocenters. The van der Waals surface area contributed by atoms with Gasteiger partial charge in [-0.15, -0.1) is 0 Å². The van der Waals surface area contributed by atoms with Crippen LogP contribution in [0, 0.1) is 52.3 Å². The number of rotatable bonds is 10. The van der Waals surface area contributed by atoms with Crippen LogP contribution in [0.15, 0.2) is 0 Å². The minimum absolute atomic E-state index is 0.0270. The van der Waals surface area contributed by atoms with Gasteiger partial charge in [-0.3, -0.25) is 14.4 Å². The molecule has 216 valence electrons. The van der Waals surface area contributed by atoms with E-state index in [-0.39, 0.29) is 41.5 Å². The third-order valence-electron chi connectivity index (χ3n) is 11.9. The summed E-state index contributed by atoms with van der Waals surface area (Å²) in [6.45, 7) is 10.7. The Bertz CT molecular complexity index is 891. The lowest BCUT2D eigenvalue weighted by atomic mass is 9.44. The minimum Gasteiger partial charge on any atom is -0.462 e. The van der Waals surface area contributed by atoms with E-state index in [0.717, 1.165) is 43.3 Å². The van der Waals surface area contributed by atoms with Crippen molar-refractivity contribution < 1.29 is 19.1 Å². The fourth-order valence-corrected chi connectivity index (χ4v) is 10.1. The number of fused-ring (bicyclic) bond motifs is 5. The molecule has 4 rings (SSSR count). The van der Waals surface area contributed by atoms with Crippen molar-refractivity contribution in [1.29, 1.82) is 0 Å². The van der Waals surface area contributed by atoms with Gasteiger partial charge in [0.2, 0.25) is 0 Å². The van der Waals surface area contributed by atoms with Gasteiger partial charge in [-0.25, -0.2) is 0 Å². The fraction of sp³-hybridized carbons (Fsp3) is 0.906. The molecule has 0 aromatic heterocycles. The Balaban J connectivity index is 1.39. The van der Waals surface area contributed by atoms with Crippen LogP contribution in [0.2, 0.25) is 0 Å². The molecule has 5 nitrogen and oxygen atoms in total. The largest absolute Gasteiger partial charge is 0.462 e. The van der Waals surface area contributed by atoms with E-state index >= 15 is 0 Å². The molecule has 0 heterocycles. The number of Topliss-reactive ketones (excluding diaryl/α,β-unsaturated/α-hetero) is 2. The summed E-state index contributed by atoms with van der Waals surface area (Å²) < 4.78 is 6.17. The third kappa shape index (κ3) is 5.64. The lowest BCUT2D eigenvalue weighted by molar-refractivity contribution is -0.167. The quantitative estimate of drug-likeness (QED) is 0.316. The maximum Gasteiger partial charge on any atom is 0.309 e. The Morgan fingerprint density at radius 1 is 0.974 bits per heavy atom. The minimum atomic E-state index is -0.520. The highest BCUT2D eigenvalue weighted by Crippen LogP contribution is 2.67. The number of thioether (sulfide) groups is 1. The van der Waals surface area contributed by atoms with E-state index in [9.17, 15) is 14.4 Å². The zero-order valence-electron chi connectivity index (χ0n) is 24.8. The van der Waals surface area contributed by atoms with E-state index in [0.29, 0.717) is 29.5 Å². The van der Waals surface area contributed by atoms with Crippen LogP contribution in [0.1, 0.15) is 105 Å². The molecule has 38 heavy (non-hydrogen) atoms. The van der Waals surface area contributed by atoms with Gasteiger partial charge in [0, 0.05) is 12.3 Å². The second-order valence-corrected chi connectivity index (χ2v) is 15.2. The number of hydrogen-bond donors (Lipinski definition) is 1. The molecule has 4 fully saturated rings. The standard InChI is InChI=1S/C32H53NO4S/c1-19(2)29(33)28(35)17-21(13-16-38-6)30(36)37-23-11-14-31(4)22(18-23)7-8-24-26-10-9-25(20(3)34)32(26,5)15-12-27(24)31/h19,21-27,29H,7-18,33H2,1-6H3/t21-,22+,23-,24+,25-,26+,27+,29+,31+,32-/m1/s1. The first-order valence-electron chi connectivity index (χ1n) is 15.4. The molecule has 0 unspecified atom stereocenters. The molecule has 0 aromatic rings. The van der Waals surface area contributed by atoms with Crippen LogP contribution in [0.4, 0.5) is 0 Å². The highest BCUT2D eigenvalue weighted by Gasteiger charge is 2.61. The normalized spacial score (nSPS) is 40.0. The molecule has 0 aromatic carbocycles. The molecular formula is C32H53NO4S. The topological polar surface area (TPSA) is 86.5 Å². The predicted octanol–water partition coefficient (Wildman–Crippen LogP) is 6.46. The molecule has 4 saturated carbocycles. The van der Waals surface area contributed by atoms with Crippen molar-refractivity contribution in [2.75, 3.05) is 12.0 Å². The zero-order chi connectivity index (χ0) is 27.8. The van der Waals surface area contributed by atoms with Crippen LogP contribution < -0.4 is 5.73 Å². The van der Waals surface area contributed by atoms with Crippen LogP contribution in [0.3, 0.4) is 0 Å².